The molecule has 54 valence electrons. The van der Waals surface area contributed by atoms with Gasteiger partial charge in [-0.15, -0.1) is 0 Å². The van der Waals surface area contributed by atoms with E-state index in [1.54, 1.807) is 0 Å². The smallest absolute Gasteiger partial charge is 0.0288 e. The molecule has 0 aromatic heterocycles. The lowest BCUT2D eigenvalue weighted by Crippen LogP contribution is -1.82. The zero-order valence-electron chi connectivity index (χ0n) is 7.07. The maximum atomic E-state index is 2.34. The van der Waals surface area contributed by atoms with Crippen LogP contribution < -0.4 is 0 Å². The Bertz CT molecular complexity index is 88.2. The minimum atomic E-state index is 0.719. The summed E-state index contributed by atoms with van der Waals surface area (Å²) < 4.78 is 0. The van der Waals surface area contributed by atoms with Gasteiger partial charge >= 0.3 is 0 Å². The summed E-state index contributed by atoms with van der Waals surface area (Å²) in [5.74, 6) is 0.719. The van der Waals surface area contributed by atoms with E-state index in [0.717, 1.165) is 5.92 Å². The molecular weight excluding hydrogens is 108 g/mol. The topological polar surface area (TPSA) is 0 Å². The third-order valence-corrected chi connectivity index (χ3v) is 1.26. The van der Waals surface area contributed by atoms with Gasteiger partial charge in [-0.1, -0.05) is 38.8 Å². The molecule has 0 amide bonds. The summed E-state index contributed by atoms with van der Waals surface area (Å²) in [6.07, 6.45) is 4.87. The van der Waals surface area contributed by atoms with Gasteiger partial charge in [-0.25, -0.2) is 0 Å². The number of rotatable bonds is 3. The quantitative estimate of drug-likeness (QED) is 0.508. The van der Waals surface area contributed by atoms with E-state index in [2.05, 4.69) is 33.8 Å². The Morgan fingerprint density at radius 3 is 2.33 bits per heavy atom. The predicted octanol–water partition coefficient (Wildman–Crippen LogP) is 3.39. The highest BCUT2D eigenvalue weighted by Gasteiger charge is 1.88. The van der Waals surface area contributed by atoms with Crippen LogP contribution in [0.25, 0.3) is 0 Å². The molecule has 0 aliphatic carbocycles. The predicted molar refractivity (Wildman–Crippen MR) is 43.5 cm³/mol. The monoisotopic (exact) mass is 126 g/mol. The summed E-state index contributed by atoms with van der Waals surface area (Å²) in [6, 6.07) is 0. The average molecular weight is 126 g/mol. The van der Waals surface area contributed by atoms with Crippen molar-refractivity contribution in [3.63, 3.8) is 0 Å². The van der Waals surface area contributed by atoms with Crippen molar-refractivity contribution in [3.05, 3.63) is 11.6 Å². The summed E-state index contributed by atoms with van der Waals surface area (Å²) in [5, 5.41) is 0. The van der Waals surface area contributed by atoms with E-state index in [9.17, 15) is 0 Å². The van der Waals surface area contributed by atoms with Crippen LogP contribution in [0.15, 0.2) is 11.6 Å². The van der Waals surface area contributed by atoms with Crippen LogP contribution in [0.3, 0.4) is 0 Å². The van der Waals surface area contributed by atoms with E-state index in [0.29, 0.717) is 0 Å². The van der Waals surface area contributed by atoms with Crippen molar-refractivity contribution in [2.75, 3.05) is 0 Å². The summed E-state index contributed by atoms with van der Waals surface area (Å²) in [7, 11) is 0. The molecule has 0 spiro atoms. The van der Waals surface area contributed by atoms with Crippen LogP contribution >= 0.6 is 0 Å². The first-order valence-electron chi connectivity index (χ1n) is 3.84. The molecule has 0 aliphatic heterocycles. The summed E-state index contributed by atoms with van der Waals surface area (Å²) >= 11 is 0. The lowest BCUT2D eigenvalue weighted by Gasteiger charge is -1.99. The van der Waals surface area contributed by atoms with Crippen LogP contribution in [0.4, 0.5) is 0 Å². The molecular formula is C9H18. The van der Waals surface area contributed by atoms with Crippen LogP contribution in [0.2, 0.25) is 0 Å². The van der Waals surface area contributed by atoms with Crippen molar-refractivity contribution in [1.82, 2.24) is 0 Å². The van der Waals surface area contributed by atoms with Gasteiger partial charge in [0.05, 0.1) is 0 Å². The second-order valence-corrected chi connectivity index (χ2v) is 3.01. The fourth-order valence-corrected chi connectivity index (χ4v) is 1.05. The maximum absolute atomic E-state index is 2.34. The van der Waals surface area contributed by atoms with Gasteiger partial charge in [0, 0.05) is 0 Å². The third-order valence-electron chi connectivity index (χ3n) is 1.26. The van der Waals surface area contributed by atoms with Crippen LogP contribution in [-0.2, 0) is 0 Å². The molecule has 9 heavy (non-hydrogen) atoms. The van der Waals surface area contributed by atoms with Gasteiger partial charge in [0.25, 0.3) is 0 Å². The van der Waals surface area contributed by atoms with Crippen LogP contribution in [0.1, 0.15) is 40.5 Å². The fraction of sp³-hybridized carbons (Fsp3) is 0.778. The molecule has 0 radical (unpaired) electrons. The van der Waals surface area contributed by atoms with Crippen molar-refractivity contribution in [3.8, 4) is 0 Å². The Labute approximate surface area is 59.0 Å². The molecule has 0 aliphatic rings. The highest BCUT2D eigenvalue weighted by Crippen LogP contribution is 2.06. The second kappa shape index (κ2) is 4.60. The van der Waals surface area contributed by atoms with E-state index in [1.165, 1.54) is 18.4 Å². The summed E-state index contributed by atoms with van der Waals surface area (Å²) in [5.41, 5.74) is 1.53. The van der Waals surface area contributed by atoms with Crippen LogP contribution in [-0.4, -0.2) is 0 Å². The first-order chi connectivity index (χ1) is 4.16. The van der Waals surface area contributed by atoms with Gasteiger partial charge in [0.1, 0.15) is 0 Å². The van der Waals surface area contributed by atoms with Crippen molar-refractivity contribution in [2.45, 2.75) is 40.5 Å². The average Bonchev–Trinajstić information content (AvgIpc) is 1.63. The molecule has 0 heteroatoms. The standard InChI is InChI=1S/C9H18/c1-5-6-9(4)7-8(2)3/h7-8H,5-6H2,1-4H3. The largest absolute Gasteiger partial charge is 0.0830 e. The Morgan fingerprint density at radius 1 is 1.44 bits per heavy atom. The zero-order valence-corrected chi connectivity index (χ0v) is 7.07. The van der Waals surface area contributed by atoms with E-state index in [1.807, 2.05) is 0 Å². The van der Waals surface area contributed by atoms with Gasteiger partial charge in [-0.2, -0.15) is 0 Å². The Balaban J connectivity index is 3.55. The van der Waals surface area contributed by atoms with Crippen molar-refractivity contribution in [2.24, 2.45) is 5.92 Å². The molecule has 0 fully saturated rings. The normalized spacial score (nSPS) is 12.8. The molecule has 0 aromatic carbocycles. The highest BCUT2D eigenvalue weighted by atomic mass is 14.0. The van der Waals surface area contributed by atoms with E-state index >= 15 is 0 Å². The number of hydrogen-bond acceptors (Lipinski definition) is 0. The minimum Gasteiger partial charge on any atom is -0.0830 e. The molecule has 0 N–H and O–H groups in total. The van der Waals surface area contributed by atoms with Crippen LogP contribution in [0.5, 0.6) is 0 Å². The fourth-order valence-electron chi connectivity index (χ4n) is 1.05. The molecule has 0 saturated carbocycles. The second-order valence-electron chi connectivity index (χ2n) is 3.01. The third kappa shape index (κ3) is 5.61. The minimum absolute atomic E-state index is 0.719. The van der Waals surface area contributed by atoms with Gasteiger partial charge < -0.3 is 0 Å². The first-order valence-corrected chi connectivity index (χ1v) is 3.84. The molecule has 0 aromatic rings. The summed E-state index contributed by atoms with van der Waals surface area (Å²) in [6.45, 7) is 8.87. The van der Waals surface area contributed by atoms with Gasteiger partial charge in [-0.3, -0.25) is 0 Å². The zero-order chi connectivity index (χ0) is 7.28. The Morgan fingerprint density at radius 2 is 2.00 bits per heavy atom. The number of hydrogen-bond donors (Lipinski definition) is 0. The summed E-state index contributed by atoms with van der Waals surface area (Å²) in [4.78, 5) is 0. The van der Waals surface area contributed by atoms with Crippen molar-refractivity contribution in [1.29, 1.82) is 0 Å². The Kier molecular flexibility index (Phi) is 4.47. The van der Waals surface area contributed by atoms with E-state index < -0.39 is 0 Å². The van der Waals surface area contributed by atoms with Gasteiger partial charge in [0.2, 0.25) is 0 Å². The lowest BCUT2D eigenvalue weighted by atomic mass is 10.1. The first kappa shape index (κ1) is 8.74. The molecule has 0 saturated heterocycles. The maximum Gasteiger partial charge on any atom is -0.0288 e. The van der Waals surface area contributed by atoms with Gasteiger partial charge in [0.15, 0.2) is 0 Å². The highest BCUT2D eigenvalue weighted by molar-refractivity contribution is 4.98. The lowest BCUT2D eigenvalue weighted by molar-refractivity contribution is 0.798. The molecule has 0 rings (SSSR count). The molecule has 0 atom stereocenters. The van der Waals surface area contributed by atoms with E-state index in [-0.39, 0.29) is 0 Å². The van der Waals surface area contributed by atoms with Crippen molar-refractivity contribution >= 4 is 0 Å². The van der Waals surface area contributed by atoms with E-state index in [4.69, 9.17) is 0 Å². The molecule has 0 nitrogen and oxygen atoms in total. The Hall–Kier alpha value is -0.260. The molecule has 0 bridgehead atoms. The molecule has 0 unspecified atom stereocenters. The van der Waals surface area contributed by atoms with Crippen LogP contribution in [0, 0.1) is 5.92 Å². The van der Waals surface area contributed by atoms with Gasteiger partial charge in [-0.05, 0) is 19.3 Å². The van der Waals surface area contributed by atoms with Crippen molar-refractivity contribution < 1.29 is 0 Å². The SMILES string of the molecule is CCCC(C)=CC(C)C. The number of allylic oxidation sites excluding steroid dienone is 2. The molecule has 0 heterocycles.